The maximum absolute atomic E-state index is 12.7. The van der Waals surface area contributed by atoms with Crippen molar-refractivity contribution < 1.29 is 22.7 Å². The van der Waals surface area contributed by atoms with Gasteiger partial charge in [0.05, 0.1) is 30.4 Å². The van der Waals surface area contributed by atoms with E-state index in [1.807, 2.05) is 0 Å². The van der Waals surface area contributed by atoms with E-state index in [0.717, 1.165) is 4.31 Å². The summed E-state index contributed by atoms with van der Waals surface area (Å²) in [6.45, 7) is 0. The van der Waals surface area contributed by atoms with Gasteiger partial charge in [-0.05, 0) is 36.4 Å². The van der Waals surface area contributed by atoms with Crippen molar-refractivity contribution >= 4 is 21.7 Å². The molecule has 0 heterocycles. The van der Waals surface area contributed by atoms with Crippen LogP contribution in [0.2, 0.25) is 0 Å². The van der Waals surface area contributed by atoms with Crippen LogP contribution in [0.4, 0.5) is 5.69 Å². The fourth-order valence-corrected chi connectivity index (χ4v) is 3.28. The number of carbonyl (C=O) groups excluding carboxylic acids is 1. The summed E-state index contributed by atoms with van der Waals surface area (Å²) in [5, 5.41) is 0. The summed E-state index contributed by atoms with van der Waals surface area (Å²) in [6.07, 6.45) is 0. The number of carbonyl (C=O) groups is 1. The Bertz CT molecular complexity index is 799. The lowest BCUT2D eigenvalue weighted by atomic mass is 10.2. The number of esters is 1. The summed E-state index contributed by atoms with van der Waals surface area (Å²) in [4.78, 5) is 11.9. The molecule has 0 N–H and O–H groups in total. The van der Waals surface area contributed by atoms with E-state index < -0.39 is 16.0 Å². The van der Waals surface area contributed by atoms with Gasteiger partial charge >= 0.3 is 5.97 Å². The molecule has 0 amide bonds. The third kappa shape index (κ3) is 3.29. The largest absolute Gasteiger partial charge is 0.497 e. The summed E-state index contributed by atoms with van der Waals surface area (Å²) in [5.41, 5.74) is 0.421. The minimum atomic E-state index is -3.81. The molecule has 2 aromatic rings. The van der Waals surface area contributed by atoms with E-state index in [1.54, 1.807) is 30.3 Å². The van der Waals surface area contributed by atoms with Gasteiger partial charge in [-0.25, -0.2) is 13.2 Å². The first-order valence-electron chi connectivity index (χ1n) is 6.72. The average Bonchev–Trinajstić information content (AvgIpc) is 2.60. The van der Waals surface area contributed by atoms with Crippen LogP contribution in [-0.4, -0.2) is 35.7 Å². The van der Waals surface area contributed by atoms with E-state index in [9.17, 15) is 13.2 Å². The molecule has 2 rings (SSSR count). The maximum atomic E-state index is 12.7. The molecule has 122 valence electrons. The van der Waals surface area contributed by atoms with Gasteiger partial charge in [-0.1, -0.05) is 12.1 Å². The molecule has 0 aliphatic heterocycles. The second-order valence-corrected chi connectivity index (χ2v) is 6.63. The Morgan fingerprint density at radius 1 is 1.00 bits per heavy atom. The number of methoxy groups -OCH3 is 2. The first-order valence-corrected chi connectivity index (χ1v) is 8.16. The van der Waals surface area contributed by atoms with E-state index in [2.05, 4.69) is 0 Å². The highest BCUT2D eigenvalue weighted by Crippen LogP contribution is 2.27. The summed E-state index contributed by atoms with van der Waals surface area (Å²) in [5.74, 6) is -0.0426. The smallest absolute Gasteiger partial charge is 0.340 e. The molecule has 0 atom stereocenters. The Balaban J connectivity index is 2.46. The normalized spacial score (nSPS) is 10.9. The first kappa shape index (κ1) is 16.8. The number of hydrogen-bond acceptors (Lipinski definition) is 5. The van der Waals surface area contributed by atoms with E-state index >= 15 is 0 Å². The van der Waals surface area contributed by atoms with Crippen LogP contribution in [0, 0.1) is 0 Å². The zero-order chi connectivity index (χ0) is 17.0. The fraction of sp³-hybridized carbons (Fsp3) is 0.188. The molecule has 2 aromatic carbocycles. The molecule has 0 aromatic heterocycles. The minimum Gasteiger partial charge on any atom is -0.497 e. The van der Waals surface area contributed by atoms with E-state index in [-0.39, 0.29) is 16.1 Å². The molecule has 7 heteroatoms. The molecule has 0 spiro atoms. The third-order valence-electron chi connectivity index (χ3n) is 3.37. The van der Waals surface area contributed by atoms with Gasteiger partial charge in [-0.15, -0.1) is 0 Å². The molecule has 0 radical (unpaired) electrons. The zero-order valence-corrected chi connectivity index (χ0v) is 13.8. The topological polar surface area (TPSA) is 72.9 Å². The quantitative estimate of drug-likeness (QED) is 0.784. The Morgan fingerprint density at radius 2 is 1.61 bits per heavy atom. The van der Waals surface area contributed by atoms with Crippen molar-refractivity contribution in [3.05, 3.63) is 54.1 Å². The number of para-hydroxylation sites is 1. The van der Waals surface area contributed by atoms with Gasteiger partial charge in [0.25, 0.3) is 10.0 Å². The van der Waals surface area contributed by atoms with Crippen LogP contribution in [0.3, 0.4) is 0 Å². The molecular weight excluding hydrogens is 318 g/mol. The van der Waals surface area contributed by atoms with Crippen molar-refractivity contribution in [3.8, 4) is 5.75 Å². The SMILES string of the molecule is COC(=O)c1ccccc1N(C)S(=O)(=O)c1ccc(OC)cc1. The van der Waals surface area contributed by atoms with E-state index in [1.165, 1.54) is 39.5 Å². The maximum Gasteiger partial charge on any atom is 0.340 e. The van der Waals surface area contributed by atoms with Gasteiger partial charge in [-0.2, -0.15) is 0 Å². The lowest BCUT2D eigenvalue weighted by molar-refractivity contribution is 0.0601. The van der Waals surface area contributed by atoms with Crippen LogP contribution in [0.5, 0.6) is 5.75 Å². The number of sulfonamides is 1. The molecule has 0 aliphatic rings. The molecule has 0 bridgehead atoms. The number of hydrogen-bond donors (Lipinski definition) is 0. The number of rotatable bonds is 5. The van der Waals surface area contributed by atoms with Crippen LogP contribution in [0.1, 0.15) is 10.4 Å². The van der Waals surface area contributed by atoms with Crippen molar-refractivity contribution in [3.63, 3.8) is 0 Å². The molecule has 0 aliphatic carbocycles. The van der Waals surface area contributed by atoms with E-state index in [4.69, 9.17) is 9.47 Å². The van der Waals surface area contributed by atoms with Crippen molar-refractivity contribution in [2.24, 2.45) is 0 Å². The van der Waals surface area contributed by atoms with Crippen LogP contribution in [0.15, 0.2) is 53.4 Å². The number of benzene rings is 2. The number of nitrogens with zero attached hydrogens (tertiary/aromatic N) is 1. The molecular formula is C16H17NO5S. The summed E-state index contributed by atoms with van der Waals surface area (Å²) >= 11 is 0. The van der Waals surface area contributed by atoms with Crippen LogP contribution >= 0.6 is 0 Å². The summed E-state index contributed by atoms with van der Waals surface area (Å²) in [6, 6.07) is 12.4. The van der Waals surface area contributed by atoms with E-state index in [0.29, 0.717) is 5.75 Å². The van der Waals surface area contributed by atoms with Crippen molar-refractivity contribution in [2.75, 3.05) is 25.6 Å². The highest BCUT2D eigenvalue weighted by atomic mass is 32.2. The highest BCUT2D eigenvalue weighted by Gasteiger charge is 2.25. The Labute approximate surface area is 135 Å². The van der Waals surface area contributed by atoms with Crippen LogP contribution in [-0.2, 0) is 14.8 Å². The lowest BCUT2D eigenvalue weighted by Crippen LogP contribution is -2.28. The van der Waals surface area contributed by atoms with Crippen LogP contribution < -0.4 is 9.04 Å². The van der Waals surface area contributed by atoms with Gasteiger partial charge in [0.2, 0.25) is 0 Å². The number of anilines is 1. The lowest BCUT2D eigenvalue weighted by Gasteiger charge is -2.21. The van der Waals surface area contributed by atoms with Gasteiger partial charge in [0, 0.05) is 7.05 Å². The van der Waals surface area contributed by atoms with Crippen molar-refractivity contribution in [1.29, 1.82) is 0 Å². The highest BCUT2D eigenvalue weighted by molar-refractivity contribution is 7.92. The van der Waals surface area contributed by atoms with Gasteiger partial charge in [0.1, 0.15) is 5.75 Å². The number of ether oxygens (including phenoxy) is 2. The second-order valence-electron chi connectivity index (χ2n) is 4.66. The van der Waals surface area contributed by atoms with Crippen molar-refractivity contribution in [2.45, 2.75) is 4.90 Å². The van der Waals surface area contributed by atoms with Crippen molar-refractivity contribution in [1.82, 2.24) is 0 Å². The Kier molecular flexibility index (Phi) is 4.90. The minimum absolute atomic E-state index is 0.0977. The predicted molar refractivity (Wildman–Crippen MR) is 86.4 cm³/mol. The van der Waals surface area contributed by atoms with Gasteiger partial charge < -0.3 is 9.47 Å². The molecule has 6 nitrogen and oxygen atoms in total. The average molecular weight is 335 g/mol. The second kappa shape index (κ2) is 6.70. The zero-order valence-electron chi connectivity index (χ0n) is 13.0. The Morgan fingerprint density at radius 3 is 2.17 bits per heavy atom. The summed E-state index contributed by atoms with van der Waals surface area (Å²) < 4.78 is 36.2. The standard InChI is InChI=1S/C16H17NO5S/c1-17(15-7-5-4-6-14(15)16(18)22-3)23(19,20)13-10-8-12(21-2)9-11-13/h4-11H,1-3H3. The molecule has 0 saturated carbocycles. The molecule has 23 heavy (non-hydrogen) atoms. The Hall–Kier alpha value is -2.54. The van der Waals surface area contributed by atoms with Crippen LogP contribution in [0.25, 0.3) is 0 Å². The first-order chi connectivity index (χ1) is 10.9. The summed E-state index contributed by atoms with van der Waals surface area (Å²) in [7, 11) is 0.328. The van der Waals surface area contributed by atoms with Gasteiger partial charge in [-0.3, -0.25) is 4.31 Å². The third-order valence-corrected chi connectivity index (χ3v) is 5.15. The van der Waals surface area contributed by atoms with Gasteiger partial charge in [0.15, 0.2) is 0 Å². The molecule has 0 unspecified atom stereocenters. The molecule has 0 saturated heterocycles. The predicted octanol–water partition coefficient (Wildman–Crippen LogP) is 2.31. The fourth-order valence-electron chi connectivity index (χ4n) is 2.07. The molecule has 0 fully saturated rings. The monoisotopic (exact) mass is 335 g/mol.